The SMILES string of the molecule is CCCOCCC(=O)Nc1cccc(S(N)(=O)=O)c1. The first-order chi connectivity index (χ1) is 8.93. The minimum Gasteiger partial charge on any atom is -0.381 e. The molecule has 0 unspecified atom stereocenters. The van der Waals surface area contributed by atoms with Crippen molar-refractivity contribution in [3.63, 3.8) is 0 Å². The molecule has 1 aromatic rings. The lowest BCUT2D eigenvalue weighted by atomic mass is 10.3. The molecule has 0 aliphatic carbocycles. The van der Waals surface area contributed by atoms with Crippen molar-refractivity contribution in [1.82, 2.24) is 0 Å². The summed E-state index contributed by atoms with van der Waals surface area (Å²) in [7, 11) is -3.76. The number of hydrogen-bond donors (Lipinski definition) is 2. The Morgan fingerprint density at radius 3 is 2.74 bits per heavy atom. The highest BCUT2D eigenvalue weighted by molar-refractivity contribution is 7.89. The summed E-state index contributed by atoms with van der Waals surface area (Å²) in [4.78, 5) is 11.5. The number of benzene rings is 1. The summed E-state index contributed by atoms with van der Waals surface area (Å²) >= 11 is 0. The first-order valence-corrected chi connectivity index (χ1v) is 7.48. The quantitative estimate of drug-likeness (QED) is 0.733. The zero-order valence-corrected chi connectivity index (χ0v) is 11.6. The van der Waals surface area contributed by atoms with Crippen LogP contribution in [0.4, 0.5) is 5.69 Å². The highest BCUT2D eigenvalue weighted by Gasteiger charge is 2.09. The maximum atomic E-state index is 11.6. The summed E-state index contributed by atoms with van der Waals surface area (Å²) in [6.07, 6.45) is 1.12. The van der Waals surface area contributed by atoms with Crippen molar-refractivity contribution in [1.29, 1.82) is 0 Å². The highest BCUT2D eigenvalue weighted by Crippen LogP contribution is 2.14. The molecule has 1 amide bonds. The number of primary sulfonamides is 1. The summed E-state index contributed by atoms with van der Waals surface area (Å²) in [6, 6.07) is 5.80. The summed E-state index contributed by atoms with van der Waals surface area (Å²) < 4.78 is 27.5. The average Bonchev–Trinajstić information content (AvgIpc) is 2.34. The molecular weight excluding hydrogens is 268 g/mol. The Morgan fingerprint density at radius 2 is 2.11 bits per heavy atom. The van der Waals surface area contributed by atoms with E-state index in [9.17, 15) is 13.2 Å². The second-order valence-electron chi connectivity index (χ2n) is 3.98. The van der Waals surface area contributed by atoms with E-state index in [-0.39, 0.29) is 17.2 Å². The van der Waals surface area contributed by atoms with Gasteiger partial charge >= 0.3 is 0 Å². The van der Waals surface area contributed by atoms with Gasteiger partial charge in [-0.1, -0.05) is 13.0 Å². The van der Waals surface area contributed by atoms with Gasteiger partial charge in [0.15, 0.2) is 0 Å². The molecule has 0 aliphatic heterocycles. The molecule has 0 aliphatic rings. The van der Waals surface area contributed by atoms with Gasteiger partial charge in [0.2, 0.25) is 15.9 Å². The van der Waals surface area contributed by atoms with Crippen LogP contribution in [0.1, 0.15) is 19.8 Å². The second-order valence-corrected chi connectivity index (χ2v) is 5.54. The van der Waals surface area contributed by atoms with Gasteiger partial charge in [0, 0.05) is 12.3 Å². The number of carbonyl (C=O) groups excluding carboxylic acids is 1. The number of ether oxygens (including phenoxy) is 1. The van der Waals surface area contributed by atoms with E-state index in [0.717, 1.165) is 6.42 Å². The third kappa shape index (κ3) is 5.82. The predicted molar refractivity (Wildman–Crippen MR) is 72.2 cm³/mol. The number of anilines is 1. The minimum absolute atomic E-state index is 0.0347. The fraction of sp³-hybridized carbons (Fsp3) is 0.417. The molecule has 7 heteroatoms. The predicted octanol–water partition coefficient (Wildman–Crippen LogP) is 1.09. The molecule has 1 aromatic carbocycles. The molecule has 0 saturated carbocycles. The van der Waals surface area contributed by atoms with Gasteiger partial charge in [-0.2, -0.15) is 0 Å². The molecule has 3 N–H and O–H groups in total. The van der Waals surface area contributed by atoms with Crippen LogP contribution < -0.4 is 10.5 Å². The fourth-order valence-electron chi connectivity index (χ4n) is 1.39. The van der Waals surface area contributed by atoms with E-state index < -0.39 is 10.0 Å². The lowest BCUT2D eigenvalue weighted by Crippen LogP contribution is -2.16. The Balaban J connectivity index is 2.55. The number of nitrogens with one attached hydrogen (secondary N) is 1. The molecule has 0 spiro atoms. The number of sulfonamides is 1. The largest absolute Gasteiger partial charge is 0.381 e. The summed E-state index contributed by atoms with van der Waals surface area (Å²) in [5.41, 5.74) is 0.395. The van der Waals surface area contributed by atoms with Crippen molar-refractivity contribution in [2.45, 2.75) is 24.7 Å². The first-order valence-electron chi connectivity index (χ1n) is 5.94. The summed E-state index contributed by atoms with van der Waals surface area (Å²) in [5, 5.41) is 7.60. The molecular formula is C12H18N2O4S. The monoisotopic (exact) mass is 286 g/mol. The van der Waals surface area contributed by atoms with Crippen LogP contribution in [0.3, 0.4) is 0 Å². The van der Waals surface area contributed by atoms with Gasteiger partial charge in [0.05, 0.1) is 17.9 Å². The van der Waals surface area contributed by atoms with Gasteiger partial charge in [-0.25, -0.2) is 13.6 Å². The Bertz CT molecular complexity index is 528. The average molecular weight is 286 g/mol. The van der Waals surface area contributed by atoms with Crippen LogP contribution in [0.2, 0.25) is 0 Å². The Morgan fingerprint density at radius 1 is 1.37 bits per heavy atom. The van der Waals surface area contributed by atoms with Crippen molar-refractivity contribution in [2.24, 2.45) is 5.14 Å². The third-order valence-electron chi connectivity index (χ3n) is 2.27. The molecule has 0 bridgehead atoms. The first kappa shape index (κ1) is 15.6. The van der Waals surface area contributed by atoms with E-state index in [1.54, 1.807) is 6.07 Å². The fourth-order valence-corrected chi connectivity index (χ4v) is 1.95. The maximum Gasteiger partial charge on any atom is 0.238 e. The molecule has 0 atom stereocenters. The minimum atomic E-state index is -3.76. The van der Waals surface area contributed by atoms with Crippen LogP contribution in [0.25, 0.3) is 0 Å². The number of amides is 1. The van der Waals surface area contributed by atoms with E-state index in [0.29, 0.717) is 18.9 Å². The molecule has 0 heterocycles. The van der Waals surface area contributed by atoms with Crippen molar-refractivity contribution >= 4 is 21.6 Å². The van der Waals surface area contributed by atoms with E-state index in [1.165, 1.54) is 18.2 Å². The molecule has 1 rings (SSSR count). The maximum absolute atomic E-state index is 11.6. The standard InChI is InChI=1S/C12H18N2O4S/c1-2-7-18-8-6-12(15)14-10-4-3-5-11(9-10)19(13,16)17/h3-5,9H,2,6-8H2,1H3,(H,14,15)(H2,13,16,17). The van der Waals surface area contributed by atoms with Crippen LogP contribution in [-0.2, 0) is 19.6 Å². The molecule has 6 nitrogen and oxygen atoms in total. The molecule has 0 radical (unpaired) electrons. The highest BCUT2D eigenvalue weighted by atomic mass is 32.2. The summed E-state index contributed by atoms with van der Waals surface area (Å²) in [6.45, 7) is 2.95. The van der Waals surface area contributed by atoms with Crippen LogP contribution in [0, 0.1) is 0 Å². The van der Waals surface area contributed by atoms with Gasteiger partial charge in [0.25, 0.3) is 0 Å². The van der Waals surface area contributed by atoms with Gasteiger partial charge in [-0.3, -0.25) is 4.79 Å². The molecule has 19 heavy (non-hydrogen) atoms. The van der Waals surface area contributed by atoms with Gasteiger partial charge in [0.1, 0.15) is 0 Å². The number of rotatable bonds is 7. The van der Waals surface area contributed by atoms with Crippen molar-refractivity contribution in [3.05, 3.63) is 24.3 Å². The van der Waals surface area contributed by atoms with E-state index in [1.807, 2.05) is 6.92 Å². The lowest BCUT2D eigenvalue weighted by molar-refractivity contribution is -0.117. The van der Waals surface area contributed by atoms with Crippen LogP contribution >= 0.6 is 0 Å². The zero-order chi connectivity index (χ0) is 14.3. The van der Waals surface area contributed by atoms with Crippen LogP contribution in [-0.4, -0.2) is 27.5 Å². The van der Waals surface area contributed by atoms with Crippen LogP contribution in [0.5, 0.6) is 0 Å². The number of nitrogens with two attached hydrogens (primary N) is 1. The second kappa shape index (κ2) is 7.22. The van der Waals surface area contributed by atoms with E-state index in [2.05, 4.69) is 5.32 Å². The van der Waals surface area contributed by atoms with E-state index >= 15 is 0 Å². The van der Waals surface area contributed by atoms with Crippen molar-refractivity contribution < 1.29 is 17.9 Å². The Labute approximate surface area is 113 Å². The normalized spacial score (nSPS) is 11.3. The van der Waals surface area contributed by atoms with E-state index in [4.69, 9.17) is 9.88 Å². The Hall–Kier alpha value is -1.44. The van der Waals surface area contributed by atoms with Gasteiger partial charge in [-0.05, 0) is 24.6 Å². The Kier molecular flexibility index (Phi) is 5.94. The summed E-state index contributed by atoms with van der Waals surface area (Å²) in [5.74, 6) is -0.234. The molecule has 106 valence electrons. The molecule has 0 aromatic heterocycles. The third-order valence-corrected chi connectivity index (χ3v) is 3.18. The smallest absolute Gasteiger partial charge is 0.238 e. The zero-order valence-electron chi connectivity index (χ0n) is 10.8. The van der Waals surface area contributed by atoms with Crippen molar-refractivity contribution in [3.8, 4) is 0 Å². The molecule has 0 fully saturated rings. The number of carbonyl (C=O) groups is 1. The van der Waals surface area contributed by atoms with Crippen molar-refractivity contribution in [2.75, 3.05) is 18.5 Å². The topological polar surface area (TPSA) is 98.5 Å². The van der Waals surface area contributed by atoms with Gasteiger partial charge in [-0.15, -0.1) is 0 Å². The van der Waals surface area contributed by atoms with Gasteiger partial charge < -0.3 is 10.1 Å². The lowest BCUT2D eigenvalue weighted by Gasteiger charge is -2.07. The van der Waals surface area contributed by atoms with Crippen LogP contribution in [0.15, 0.2) is 29.2 Å². The molecule has 0 saturated heterocycles. The number of hydrogen-bond acceptors (Lipinski definition) is 4.